The molecule has 3 heteroatoms. The van der Waals surface area contributed by atoms with Gasteiger partial charge in [-0.3, -0.25) is 0 Å². The van der Waals surface area contributed by atoms with E-state index in [9.17, 15) is 4.79 Å². The summed E-state index contributed by atoms with van der Waals surface area (Å²) >= 11 is 0. The first kappa shape index (κ1) is 12.7. The number of hydrogen-bond donors (Lipinski definition) is 1. The average Bonchev–Trinajstić information content (AvgIpc) is 1.95. The molecule has 1 N–H and O–H groups in total. The Balaban J connectivity index is 4.32. The third-order valence-corrected chi connectivity index (χ3v) is 2.12. The lowest BCUT2D eigenvalue weighted by atomic mass is 10.2. The lowest BCUT2D eigenvalue weighted by molar-refractivity contribution is -0.131. The van der Waals surface area contributed by atoms with Gasteiger partial charge in [0.25, 0.3) is 0 Å². The highest BCUT2D eigenvalue weighted by Crippen LogP contribution is 1.97. The molecule has 0 rings (SSSR count). The number of carbonyl (C=O) groups is 1. The minimum absolute atomic E-state index is 0.697. The summed E-state index contributed by atoms with van der Waals surface area (Å²) in [7, 11) is -1.31. The normalized spacial score (nSPS) is 12.4. The van der Waals surface area contributed by atoms with Crippen molar-refractivity contribution in [1.29, 1.82) is 0 Å². The molecule has 0 saturated heterocycles. The first-order valence-electron chi connectivity index (χ1n) is 4.42. The van der Waals surface area contributed by atoms with Crippen LogP contribution in [0.4, 0.5) is 0 Å². The summed E-state index contributed by atoms with van der Waals surface area (Å²) in [6.07, 6.45) is 4.57. The molecule has 0 aromatic rings. The zero-order valence-electron chi connectivity index (χ0n) is 9.09. The van der Waals surface area contributed by atoms with E-state index in [1.165, 1.54) is 0 Å². The van der Waals surface area contributed by atoms with E-state index >= 15 is 0 Å². The van der Waals surface area contributed by atoms with E-state index in [0.29, 0.717) is 5.57 Å². The first-order chi connectivity index (χ1) is 6.31. The van der Waals surface area contributed by atoms with Crippen LogP contribution in [0.15, 0.2) is 23.8 Å². The predicted octanol–water partition coefficient (Wildman–Crippen LogP) is 2.45. The average molecular weight is 208 g/mol. The Kier molecular flexibility index (Phi) is 4.96. The quantitative estimate of drug-likeness (QED) is 0.327. The van der Waals surface area contributed by atoms with Gasteiger partial charge in [-0.2, -0.15) is 0 Å². The number of hydrogen-bond acceptors (Lipinski definition) is 1. The second kappa shape index (κ2) is 5.46. The van der Waals surface area contributed by atoms with Crippen molar-refractivity contribution < 1.29 is 9.90 Å². The minimum Gasteiger partial charge on any atom is -0.478 e. The van der Waals surface area contributed by atoms with Crippen LogP contribution >= 0.6 is 0 Å². The molecule has 0 amide bonds. The summed E-state index contributed by atoms with van der Waals surface area (Å²) in [5.41, 5.74) is 3.85. The molecule has 0 spiro atoms. The smallest absolute Gasteiger partial charge is 0.328 e. The topological polar surface area (TPSA) is 37.3 Å². The molecule has 0 aromatic heterocycles. The Morgan fingerprint density at radius 1 is 1.36 bits per heavy atom. The van der Waals surface area contributed by atoms with Gasteiger partial charge in [0.2, 0.25) is 0 Å². The molecule has 0 aromatic carbocycles. The van der Waals surface area contributed by atoms with Crippen LogP contribution in [-0.4, -0.2) is 19.1 Å². The summed E-state index contributed by atoms with van der Waals surface area (Å²) in [6, 6.07) is 0. The molecular formula is C11H16O2Si. The molecule has 0 fully saturated rings. The molecule has 0 aliphatic rings. The molecule has 0 atom stereocenters. The third kappa shape index (κ3) is 8.82. The molecule has 14 heavy (non-hydrogen) atoms. The van der Waals surface area contributed by atoms with E-state index in [1.807, 2.05) is 0 Å². The maximum Gasteiger partial charge on any atom is 0.328 e. The van der Waals surface area contributed by atoms with Crippen molar-refractivity contribution in [2.45, 2.75) is 26.6 Å². The Morgan fingerprint density at radius 2 is 1.93 bits per heavy atom. The van der Waals surface area contributed by atoms with E-state index in [1.54, 1.807) is 19.1 Å². The Bertz CT molecular complexity index is 321. The molecule has 76 valence electrons. The van der Waals surface area contributed by atoms with E-state index in [2.05, 4.69) is 31.1 Å². The SMILES string of the molecule is CC(=C/C(=O)O)/C=C/C#C[Si](C)(C)C. The Morgan fingerprint density at radius 3 is 2.36 bits per heavy atom. The van der Waals surface area contributed by atoms with Gasteiger partial charge in [0, 0.05) is 6.08 Å². The standard InChI is InChI=1S/C11H16O2Si/c1-10(9-11(12)13)7-5-6-8-14(2,3)4/h5,7,9H,1-4H3,(H,12,13)/b7-5+,10-9-. The van der Waals surface area contributed by atoms with E-state index in [0.717, 1.165) is 6.08 Å². The van der Waals surface area contributed by atoms with Crippen LogP contribution < -0.4 is 0 Å². The van der Waals surface area contributed by atoms with Gasteiger partial charge in [-0.1, -0.05) is 31.6 Å². The van der Waals surface area contributed by atoms with Crippen LogP contribution in [0.1, 0.15) is 6.92 Å². The minimum atomic E-state index is -1.31. The zero-order valence-corrected chi connectivity index (χ0v) is 10.1. The number of carboxylic acids is 1. The number of allylic oxidation sites excluding steroid dienone is 3. The molecule has 0 bridgehead atoms. The highest BCUT2D eigenvalue weighted by Gasteiger charge is 2.06. The van der Waals surface area contributed by atoms with Crippen LogP contribution in [-0.2, 0) is 4.79 Å². The van der Waals surface area contributed by atoms with Gasteiger partial charge >= 0.3 is 5.97 Å². The predicted molar refractivity (Wildman–Crippen MR) is 61.7 cm³/mol. The second-order valence-electron chi connectivity index (χ2n) is 4.08. The van der Waals surface area contributed by atoms with Crippen LogP contribution in [0.5, 0.6) is 0 Å². The summed E-state index contributed by atoms with van der Waals surface area (Å²) in [6.45, 7) is 8.22. The molecule has 0 unspecified atom stereocenters. The fourth-order valence-electron chi connectivity index (χ4n) is 0.674. The van der Waals surface area contributed by atoms with Gasteiger partial charge in [0.1, 0.15) is 8.07 Å². The lowest BCUT2D eigenvalue weighted by Gasteiger charge is -2.02. The summed E-state index contributed by atoms with van der Waals surface area (Å²) in [4.78, 5) is 10.3. The van der Waals surface area contributed by atoms with Crippen LogP contribution in [0.2, 0.25) is 19.6 Å². The number of aliphatic carboxylic acids is 1. The fourth-order valence-corrected chi connectivity index (χ4v) is 1.19. The Hall–Kier alpha value is -1.27. The van der Waals surface area contributed by atoms with Crippen LogP contribution in [0.25, 0.3) is 0 Å². The molecule has 0 heterocycles. The zero-order chi connectivity index (χ0) is 11.2. The van der Waals surface area contributed by atoms with E-state index in [-0.39, 0.29) is 0 Å². The van der Waals surface area contributed by atoms with Crippen molar-refractivity contribution in [3.63, 3.8) is 0 Å². The van der Waals surface area contributed by atoms with E-state index in [4.69, 9.17) is 5.11 Å². The van der Waals surface area contributed by atoms with Gasteiger partial charge in [-0.05, 0) is 18.6 Å². The van der Waals surface area contributed by atoms with Gasteiger partial charge in [-0.15, -0.1) is 5.54 Å². The van der Waals surface area contributed by atoms with Crippen LogP contribution in [0, 0.1) is 11.5 Å². The molecular weight excluding hydrogens is 192 g/mol. The van der Waals surface area contributed by atoms with Crippen molar-refractivity contribution in [2.24, 2.45) is 0 Å². The summed E-state index contributed by atoms with van der Waals surface area (Å²) in [5.74, 6) is 2.00. The molecule has 0 aliphatic heterocycles. The maximum atomic E-state index is 10.3. The van der Waals surface area contributed by atoms with Crippen molar-refractivity contribution in [1.82, 2.24) is 0 Å². The second-order valence-corrected chi connectivity index (χ2v) is 8.83. The molecule has 0 saturated carbocycles. The van der Waals surface area contributed by atoms with Gasteiger partial charge < -0.3 is 5.11 Å². The van der Waals surface area contributed by atoms with Crippen molar-refractivity contribution in [3.8, 4) is 11.5 Å². The molecule has 2 nitrogen and oxygen atoms in total. The number of carboxylic acid groups (broad SMARTS) is 1. The summed E-state index contributed by atoms with van der Waals surface area (Å²) in [5, 5.41) is 8.43. The summed E-state index contributed by atoms with van der Waals surface area (Å²) < 4.78 is 0. The van der Waals surface area contributed by atoms with Crippen LogP contribution in [0.3, 0.4) is 0 Å². The van der Waals surface area contributed by atoms with Crippen molar-refractivity contribution >= 4 is 14.0 Å². The van der Waals surface area contributed by atoms with Crippen molar-refractivity contribution in [2.75, 3.05) is 0 Å². The third-order valence-electron chi connectivity index (χ3n) is 1.23. The first-order valence-corrected chi connectivity index (χ1v) is 7.92. The highest BCUT2D eigenvalue weighted by atomic mass is 28.3. The lowest BCUT2D eigenvalue weighted by Crippen LogP contribution is -2.16. The molecule has 0 aliphatic carbocycles. The molecule has 0 radical (unpaired) electrons. The van der Waals surface area contributed by atoms with Gasteiger partial charge in [-0.25, -0.2) is 4.79 Å². The largest absolute Gasteiger partial charge is 0.478 e. The Labute approximate surface area is 86.3 Å². The fraction of sp³-hybridized carbons (Fsp3) is 0.364. The van der Waals surface area contributed by atoms with Crippen molar-refractivity contribution in [3.05, 3.63) is 23.8 Å². The van der Waals surface area contributed by atoms with E-state index < -0.39 is 14.0 Å². The van der Waals surface area contributed by atoms with Gasteiger partial charge in [0.15, 0.2) is 0 Å². The monoisotopic (exact) mass is 208 g/mol. The maximum absolute atomic E-state index is 10.3. The van der Waals surface area contributed by atoms with Gasteiger partial charge in [0.05, 0.1) is 0 Å². The highest BCUT2D eigenvalue weighted by molar-refractivity contribution is 6.83. The number of rotatable bonds is 2.